The first-order chi connectivity index (χ1) is 12.4. The summed E-state index contributed by atoms with van der Waals surface area (Å²) in [7, 11) is 0. The molecule has 4 heteroatoms. The van der Waals surface area contributed by atoms with Crippen molar-refractivity contribution in [2.75, 3.05) is 0 Å². The summed E-state index contributed by atoms with van der Waals surface area (Å²) in [6.45, 7) is 11.8. The Morgan fingerprint density at radius 1 is 0.923 bits per heavy atom. The standard InChI is InChI=1S/C22H27N3S/c1-6-25-20(18-11-7-16(2)8-12-18)23-24-21(25)26-15-17-9-13-19(14-10-17)22(3,4)5/h7-14H,6,15H2,1-5H3. The van der Waals surface area contributed by atoms with Crippen LogP contribution < -0.4 is 0 Å². The van der Waals surface area contributed by atoms with Crippen LogP contribution in [0, 0.1) is 6.92 Å². The van der Waals surface area contributed by atoms with Crippen LogP contribution >= 0.6 is 11.8 Å². The lowest BCUT2D eigenvalue weighted by Crippen LogP contribution is -2.10. The summed E-state index contributed by atoms with van der Waals surface area (Å²) in [5, 5.41) is 9.85. The second-order valence-corrected chi connectivity index (χ2v) is 8.59. The molecule has 0 radical (unpaired) electrons. The Labute approximate surface area is 160 Å². The highest BCUT2D eigenvalue weighted by Gasteiger charge is 2.15. The number of nitrogens with zero attached hydrogens (tertiary/aromatic N) is 3. The van der Waals surface area contributed by atoms with Crippen molar-refractivity contribution in [3.8, 4) is 11.4 Å². The second kappa shape index (κ2) is 7.67. The molecular formula is C22H27N3S. The van der Waals surface area contributed by atoms with E-state index in [4.69, 9.17) is 0 Å². The van der Waals surface area contributed by atoms with Crippen molar-refractivity contribution in [2.45, 2.75) is 57.5 Å². The van der Waals surface area contributed by atoms with Gasteiger partial charge in [0, 0.05) is 17.9 Å². The average molecular weight is 366 g/mol. The first kappa shape index (κ1) is 18.7. The number of hydrogen-bond donors (Lipinski definition) is 0. The van der Waals surface area contributed by atoms with Gasteiger partial charge in [-0.05, 0) is 30.4 Å². The molecule has 0 aliphatic rings. The van der Waals surface area contributed by atoms with Crippen LogP contribution in [0.3, 0.4) is 0 Å². The van der Waals surface area contributed by atoms with Gasteiger partial charge in [-0.1, -0.05) is 86.6 Å². The summed E-state index contributed by atoms with van der Waals surface area (Å²) in [4.78, 5) is 0. The third-order valence-electron chi connectivity index (χ3n) is 4.53. The minimum atomic E-state index is 0.191. The lowest BCUT2D eigenvalue weighted by atomic mass is 9.87. The Balaban J connectivity index is 1.75. The van der Waals surface area contributed by atoms with E-state index in [2.05, 4.69) is 97.9 Å². The molecule has 3 aromatic rings. The third-order valence-corrected chi connectivity index (χ3v) is 5.57. The maximum atomic E-state index is 4.44. The first-order valence-electron chi connectivity index (χ1n) is 9.11. The van der Waals surface area contributed by atoms with Crippen LogP contribution in [0.25, 0.3) is 11.4 Å². The molecule has 1 aromatic heterocycles. The van der Waals surface area contributed by atoms with Gasteiger partial charge in [0.1, 0.15) is 0 Å². The van der Waals surface area contributed by atoms with Crippen LogP contribution in [0.2, 0.25) is 0 Å². The Kier molecular flexibility index (Phi) is 5.52. The molecule has 3 nitrogen and oxygen atoms in total. The highest BCUT2D eigenvalue weighted by atomic mass is 32.2. The molecule has 0 N–H and O–H groups in total. The number of benzene rings is 2. The Bertz CT molecular complexity index is 856. The van der Waals surface area contributed by atoms with E-state index in [0.717, 1.165) is 28.8 Å². The number of aryl methyl sites for hydroxylation is 1. The van der Waals surface area contributed by atoms with E-state index < -0.39 is 0 Å². The van der Waals surface area contributed by atoms with E-state index in [1.165, 1.54) is 16.7 Å². The highest BCUT2D eigenvalue weighted by Crippen LogP contribution is 2.28. The van der Waals surface area contributed by atoms with Gasteiger partial charge in [0.25, 0.3) is 0 Å². The molecule has 0 amide bonds. The average Bonchev–Trinajstić information content (AvgIpc) is 3.03. The van der Waals surface area contributed by atoms with E-state index in [1.807, 2.05) is 0 Å². The minimum Gasteiger partial charge on any atom is -0.302 e. The van der Waals surface area contributed by atoms with Crippen molar-refractivity contribution in [1.29, 1.82) is 0 Å². The van der Waals surface area contributed by atoms with Crippen molar-refractivity contribution in [3.05, 3.63) is 65.2 Å². The zero-order valence-electron chi connectivity index (χ0n) is 16.3. The van der Waals surface area contributed by atoms with E-state index >= 15 is 0 Å². The van der Waals surface area contributed by atoms with E-state index in [-0.39, 0.29) is 5.41 Å². The Morgan fingerprint density at radius 3 is 2.15 bits per heavy atom. The summed E-state index contributed by atoms with van der Waals surface area (Å²) in [5.74, 6) is 1.84. The summed E-state index contributed by atoms with van der Waals surface area (Å²) in [6.07, 6.45) is 0. The van der Waals surface area contributed by atoms with Gasteiger partial charge in [-0.25, -0.2) is 0 Å². The van der Waals surface area contributed by atoms with Crippen molar-refractivity contribution in [2.24, 2.45) is 0 Å². The van der Waals surface area contributed by atoms with E-state index in [9.17, 15) is 0 Å². The fraction of sp³-hybridized carbons (Fsp3) is 0.364. The topological polar surface area (TPSA) is 30.7 Å². The van der Waals surface area contributed by atoms with Gasteiger partial charge in [-0.2, -0.15) is 0 Å². The van der Waals surface area contributed by atoms with Gasteiger partial charge in [0.2, 0.25) is 0 Å². The quantitative estimate of drug-likeness (QED) is 0.530. The Hall–Kier alpha value is -2.07. The maximum Gasteiger partial charge on any atom is 0.191 e. The monoisotopic (exact) mass is 365 g/mol. The van der Waals surface area contributed by atoms with Gasteiger partial charge in [0.15, 0.2) is 11.0 Å². The van der Waals surface area contributed by atoms with Crippen LogP contribution in [0.4, 0.5) is 0 Å². The molecule has 0 spiro atoms. The summed E-state index contributed by atoms with van der Waals surface area (Å²) >= 11 is 1.75. The summed E-state index contributed by atoms with van der Waals surface area (Å²) in [6, 6.07) is 17.4. The van der Waals surface area contributed by atoms with Crippen LogP contribution in [0.1, 0.15) is 44.4 Å². The summed E-state index contributed by atoms with van der Waals surface area (Å²) in [5.41, 5.74) is 5.24. The largest absolute Gasteiger partial charge is 0.302 e. The fourth-order valence-electron chi connectivity index (χ4n) is 2.85. The molecule has 3 rings (SSSR count). The maximum absolute atomic E-state index is 4.44. The molecular weight excluding hydrogens is 338 g/mol. The minimum absolute atomic E-state index is 0.191. The smallest absolute Gasteiger partial charge is 0.191 e. The van der Waals surface area contributed by atoms with Crippen molar-refractivity contribution in [3.63, 3.8) is 0 Å². The molecule has 0 unspecified atom stereocenters. The SMILES string of the molecule is CCn1c(SCc2ccc(C(C)(C)C)cc2)nnc1-c1ccc(C)cc1. The molecule has 26 heavy (non-hydrogen) atoms. The molecule has 0 bridgehead atoms. The van der Waals surface area contributed by atoms with Gasteiger partial charge in [0.05, 0.1) is 0 Å². The van der Waals surface area contributed by atoms with Crippen LogP contribution in [0.15, 0.2) is 53.7 Å². The number of rotatable bonds is 5. The van der Waals surface area contributed by atoms with Crippen molar-refractivity contribution in [1.82, 2.24) is 14.8 Å². The molecule has 0 fully saturated rings. The van der Waals surface area contributed by atoms with E-state index in [1.54, 1.807) is 11.8 Å². The zero-order valence-corrected chi connectivity index (χ0v) is 17.1. The van der Waals surface area contributed by atoms with Crippen molar-refractivity contribution < 1.29 is 0 Å². The van der Waals surface area contributed by atoms with Crippen LogP contribution in [0.5, 0.6) is 0 Å². The van der Waals surface area contributed by atoms with E-state index in [0.29, 0.717) is 0 Å². The second-order valence-electron chi connectivity index (χ2n) is 7.65. The zero-order chi connectivity index (χ0) is 18.7. The molecule has 0 atom stereocenters. The van der Waals surface area contributed by atoms with Crippen LogP contribution in [-0.4, -0.2) is 14.8 Å². The third kappa shape index (κ3) is 4.18. The molecule has 0 saturated heterocycles. The lowest BCUT2D eigenvalue weighted by molar-refractivity contribution is 0.590. The lowest BCUT2D eigenvalue weighted by Gasteiger charge is -2.19. The number of thioether (sulfide) groups is 1. The summed E-state index contributed by atoms with van der Waals surface area (Å²) < 4.78 is 2.19. The van der Waals surface area contributed by atoms with Gasteiger partial charge in [-0.15, -0.1) is 10.2 Å². The molecule has 0 saturated carbocycles. The molecule has 2 aromatic carbocycles. The van der Waals surface area contributed by atoms with Crippen molar-refractivity contribution >= 4 is 11.8 Å². The number of hydrogen-bond acceptors (Lipinski definition) is 3. The highest BCUT2D eigenvalue weighted by molar-refractivity contribution is 7.98. The van der Waals surface area contributed by atoms with Gasteiger partial charge >= 0.3 is 0 Å². The van der Waals surface area contributed by atoms with Gasteiger partial charge < -0.3 is 4.57 Å². The molecule has 0 aliphatic carbocycles. The predicted molar refractivity (Wildman–Crippen MR) is 111 cm³/mol. The fourth-order valence-corrected chi connectivity index (χ4v) is 3.80. The van der Waals surface area contributed by atoms with Gasteiger partial charge in [-0.3, -0.25) is 0 Å². The Morgan fingerprint density at radius 2 is 1.58 bits per heavy atom. The molecule has 136 valence electrons. The molecule has 1 heterocycles. The normalized spacial score (nSPS) is 11.7. The van der Waals surface area contributed by atoms with Crippen LogP contribution in [-0.2, 0) is 17.7 Å². The number of aromatic nitrogens is 3. The molecule has 0 aliphatic heterocycles. The first-order valence-corrected chi connectivity index (χ1v) is 10.1. The predicted octanol–water partition coefficient (Wildman–Crippen LogP) is 5.86.